The molecule has 1 amide bonds. The summed E-state index contributed by atoms with van der Waals surface area (Å²) in [5.74, 6) is 1.62. The van der Waals surface area contributed by atoms with Crippen LogP contribution in [-0.2, 0) is 11.2 Å². The zero-order valence-corrected chi connectivity index (χ0v) is 12.4. The number of nitrogens with zero attached hydrogens (tertiary/aromatic N) is 1. The van der Waals surface area contributed by atoms with Gasteiger partial charge in [-0.2, -0.15) is 0 Å². The predicted molar refractivity (Wildman–Crippen MR) is 82.1 cm³/mol. The highest BCUT2D eigenvalue weighted by molar-refractivity contribution is 5.76. The molecule has 1 aromatic heterocycles. The Balaban J connectivity index is 1.51. The van der Waals surface area contributed by atoms with Gasteiger partial charge >= 0.3 is 0 Å². The molecule has 1 fully saturated rings. The molecular weight excluding hydrogens is 262 g/mol. The second-order valence-electron chi connectivity index (χ2n) is 5.83. The van der Waals surface area contributed by atoms with Crippen molar-refractivity contribution < 1.29 is 9.21 Å². The number of likely N-dealkylation sites (tertiary alicyclic amines) is 1. The molecule has 110 valence electrons. The van der Waals surface area contributed by atoms with Gasteiger partial charge in [-0.05, 0) is 37.5 Å². The number of rotatable bonds is 4. The van der Waals surface area contributed by atoms with E-state index in [1.807, 2.05) is 17.0 Å². The summed E-state index contributed by atoms with van der Waals surface area (Å²) in [6.07, 6.45) is 4.12. The maximum absolute atomic E-state index is 12.3. The highest BCUT2D eigenvalue weighted by Gasteiger charge is 2.28. The normalized spacial score (nSPS) is 18.1. The number of hydrogen-bond acceptors (Lipinski definition) is 2. The molecule has 21 heavy (non-hydrogen) atoms. The highest BCUT2D eigenvalue weighted by Crippen LogP contribution is 2.27. The van der Waals surface area contributed by atoms with Crippen LogP contribution in [0.3, 0.4) is 0 Å². The number of hydrogen-bond donors (Lipinski definition) is 0. The fourth-order valence-electron chi connectivity index (χ4n) is 2.91. The zero-order valence-electron chi connectivity index (χ0n) is 12.4. The summed E-state index contributed by atoms with van der Waals surface area (Å²) >= 11 is 0. The molecule has 2 aromatic rings. The first kappa shape index (κ1) is 13.9. The van der Waals surface area contributed by atoms with Crippen LogP contribution in [0.15, 0.2) is 47.1 Å². The number of furan rings is 1. The van der Waals surface area contributed by atoms with Gasteiger partial charge in [-0.3, -0.25) is 4.79 Å². The lowest BCUT2D eigenvalue weighted by Crippen LogP contribution is -2.28. The van der Waals surface area contributed by atoms with Crippen LogP contribution in [0.5, 0.6) is 0 Å². The molecule has 3 heteroatoms. The van der Waals surface area contributed by atoms with E-state index in [2.05, 4.69) is 31.2 Å². The van der Waals surface area contributed by atoms with E-state index in [0.29, 0.717) is 12.3 Å². The minimum Gasteiger partial charge on any atom is -0.469 e. The van der Waals surface area contributed by atoms with Crippen LogP contribution in [0.2, 0.25) is 0 Å². The van der Waals surface area contributed by atoms with Gasteiger partial charge in [0.05, 0.1) is 6.26 Å². The van der Waals surface area contributed by atoms with Gasteiger partial charge in [0.1, 0.15) is 5.76 Å². The van der Waals surface area contributed by atoms with Crippen molar-refractivity contribution in [3.63, 3.8) is 0 Å². The van der Waals surface area contributed by atoms with Crippen molar-refractivity contribution in [2.45, 2.75) is 32.1 Å². The van der Waals surface area contributed by atoms with E-state index >= 15 is 0 Å². The molecule has 0 bridgehead atoms. The third-order valence-electron chi connectivity index (χ3n) is 4.23. The molecule has 2 heterocycles. The number of benzene rings is 1. The van der Waals surface area contributed by atoms with Crippen LogP contribution in [0.1, 0.15) is 35.6 Å². The van der Waals surface area contributed by atoms with Crippen molar-refractivity contribution in [1.82, 2.24) is 4.90 Å². The molecule has 1 atom stereocenters. The maximum atomic E-state index is 12.3. The molecule has 3 nitrogen and oxygen atoms in total. The van der Waals surface area contributed by atoms with Crippen molar-refractivity contribution in [3.8, 4) is 0 Å². The van der Waals surface area contributed by atoms with Crippen LogP contribution < -0.4 is 0 Å². The summed E-state index contributed by atoms with van der Waals surface area (Å²) in [7, 11) is 0. The predicted octanol–water partition coefficient (Wildman–Crippen LogP) is 3.54. The average Bonchev–Trinajstić information content (AvgIpc) is 3.17. The molecule has 0 N–H and O–H groups in total. The van der Waals surface area contributed by atoms with Crippen LogP contribution in [-0.4, -0.2) is 23.9 Å². The van der Waals surface area contributed by atoms with Gasteiger partial charge in [-0.15, -0.1) is 0 Å². The lowest BCUT2D eigenvalue weighted by Gasteiger charge is -2.16. The molecule has 1 saturated heterocycles. The van der Waals surface area contributed by atoms with Gasteiger partial charge in [-0.1, -0.05) is 29.8 Å². The quantitative estimate of drug-likeness (QED) is 0.860. The Labute approximate surface area is 125 Å². The third kappa shape index (κ3) is 3.35. The first-order valence-electron chi connectivity index (χ1n) is 7.59. The topological polar surface area (TPSA) is 33.5 Å². The van der Waals surface area contributed by atoms with E-state index in [1.165, 1.54) is 11.1 Å². The molecule has 1 aromatic carbocycles. The number of amides is 1. The van der Waals surface area contributed by atoms with Gasteiger partial charge in [0.25, 0.3) is 0 Å². The molecule has 0 radical (unpaired) electrons. The maximum Gasteiger partial charge on any atom is 0.222 e. The fourth-order valence-corrected chi connectivity index (χ4v) is 2.91. The smallest absolute Gasteiger partial charge is 0.222 e. The van der Waals surface area contributed by atoms with E-state index in [4.69, 9.17) is 4.42 Å². The third-order valence-corrected chi connectivity index (χ3v) is 4.23. The Morgan fingerprint density at radius 2 is 2.10 bits per heavy atom. The minimum atomic E-state index is 0.254. The van der Waals surface area contributed by atoms with Crippen molar-refractivity contribution in [3.05, 3.63) is 59.5 Å². The molecule has 3 rings (SSSR count). The molecule has 1 unspecified atom stereocenters. The second kappa shape index (κ2) is 6.17. The highest BCUT2D eigenvalue weighted by atomic mass is 16.3. The monoisotopic (exact) mass is 283 g/mol. The van der Waals surface area contributed by atoms with Crippen molar-refractivity contribution in [2.75, 3.05) is 13.1 Å². The van der Waals surface area contributed by atoms with Gasteiger partial charge in [0, 0.05) is 25.4 Å². The molecular formula is C18H21NO2. The minimum absolute atomic E-state index is 0.254. The molecule has 0 saturated carbocycles. The van der Waals surface area contributed by atoms with Crippen LogP contribution in [0, 0.1) is 6.92 Å². The standard InChI is InChI=1S/C18H21NO2/c1-14-4-6-15(7-5-14)8-9-18(20)19-11-10-16(13-19)17-3-2-12-21-17/h2-7,12,16H,8-11,13H2,1H3. The van der Waals surface area contributed by atoms with Gasteiger partial charge < -0.3 is 9.32 Å². The molecule has 1 aliphatic heterocycles. The molecule has 0 aliphatic carbocycles. The Morgan fingerprint density at radius 3 is 2.81 bits per heavy atom. The van der Waals surface area contributed by atoms with Crippen LogP contribution in [0.25, 0.3) is 0 Å². The summed E-state index contributed by atoms with van der Waals surface area (Å²) in [5.41, 5.74) is 2.49. The van der Waals surface area contributed by atoms with Crippen LogP contribution >= 0.6 is 0 Å². The number of carbonyl (C=O) groups excluding carboxylic acids is 1. The number of carbonyl (C=O) groups is 1. The van der Waals surface area contributed by atoms with E-state index in [-0.39, 0.29) is 5.91 Å². The lowest BCUT2D eigenvalue weighted by molar-refractivity contribution is -0.130. The summed E-state index contributed by atoms with van der Waals surface area (Å²) in [4.78, 5) is 14.3. The Morgan fingerprint density at radius 1 is 1.29 bits per heavy atom. The lowest BCUT2D eigenvalue weighted by atomic mass is 10.1. The zero-order chi connectivity index (χ0) is 14.7. The van der Waals surface area contributed by atoms with Crippen molar-refractivity contribution in [1.29, 1.82) is 0 Å². The van der Waals surface area contributed by atoms with Gasteiger partial charge in [-0.25, -0.2) is 0 Å². The summed E-state index contributed by atoms with van der Waals surface area (Å²) < 4.78 is 5.45. The fraction of sp³-hybridized carbons (Fsp3) is 0.389. The van der Waals surface area contributed by atoms with Crippen LogP contribution in [0.4, 0.5) is 0 Å². The Kier molecular flexibility index (Phi) is 4.09. The summed E-state index contributed by atoms with van der Waals surface area (Å²) in [5, 5.41) is 0. The first-order chi connectivity index (χ1) is 10.2. The molecule has 0 spiro atoms. The summed E-state index contributed by atoms with van der Waals surface area (Å²) in [6.45, 7) is 3.71. The largest absolute Gasteiger partial charge is 0.469 e. The average molecular weight is 283 g/mol. The van der Waals surface area contributed by atoms with Crippen molar-refractivity contribution in [2.24, 2.45) is 0 Å². The Bertz CT molecular complexity index is 586. The second-order valence-corrected chi connectivity index (χ2v) is 5.83. The van der Waals surface area contributed by atoms with E-state index in [9.17, 15) is 4.79 Å². The first-order valence-corrected chi connectivity index (χ1v) is 7.59. The van der Waals surface area contributed by atoms with E-state index in [0.717, 1.165) is 31.7 Å². The van der Waals surface area contributed by atoms with E-state index in [1.54, 1.807) is 6.26 Å². The van der Waals surface area contributed by atoms with Crippen molar-refractivity contribution >= 4 is 5.91 Å². The van der Waals surface area contributed by atoms with Gasteiger partial charge in [0.15, 0.2) is 0 Å². The molecule has 1 aliphatic rings. The Hall–Kier alpha value is -2.03. The SMILES string of the molecule is Cc1ccc(CCC(=O)N2CCC(c3ccco3)C2)cc1. The number of aryl methyl sites for hydroxylation is 2. The van der Waals surface area contributed by atoms with E-state index < -0.39 is 0 Å². The van der Waals surface area contributed by atoms with Gasteiger partial charge in [0.2, 0.25) is 5.91 Å². The summed E-state index contributed by atoms with van der Waals surface area (Å²) in [6, 6.07) is 12.3.